The third-order valence-corrected chi connectivity index (χ3v) is 4.30. The Hall–Kier alpha value is -3.10. The molecule has 0 spiro atoms. The van der Waals surface area contributed by atoms with Crippen molar-refractivity contribution in [2.45, 2.75) is 26.2 Å². The van der Waals surface area contributed by atoms with Gasteiger partial charge in [-0.3, -0.25) is 4.79 Å². The molecule has 0 unspecified atom stereocenters. The van der Waals surface area contributed by atoms with Crippen LogP contribution < -0.4 is 0 Å². The summed E-state index contributed by atoms with van der Waals surface area (Å²) in [5.74, 6) is 2.05. The molecule has 3 aromatic heterocycles. The van der Waals surface area contributed by atoms with Crippen LogP contribution >= 0.6 is 0 Å². The highest BCUT2D eigenvalue weighted by Gasteiger charge is 2.36. The molecule has 25 heavy (non-hydrogen) atoms. The molecule has 1 amide bonds. The first-order chi connectivity index (χ1) is 12.1. The van der Waals surface area contributed by atoms with E-state index in [2.05, 4.69) is 25.3 Å². The highest BCUT2D eigenvalue weighted by Crippen LogP contribution is 2.28. The molecule has 128 valence electrons. The molecule has 9 heteroatoms. The van der Waals surface area contributed by atoms with Crippen LogP contribution in [0.2, 0.25) is 0 Å². The third-order valence-electron chi connectivity index (χ3n) is 4.30. The van der Waals surface area contributed by atoms with Crippen molar-refractivity contribution in [3.63, 3.8) is 0 Å². The molecule has 1 aliphatic heterocycles. The molecule has 4 heterocycles. The number of aromatic nitrogens is 5. The molecule has 4 rings (SSSR count). The summed E-state index contributed by atoms with van der Waals surface area (Å²) < 4.78 is 10.4. The summed E-state index contributed by atoms with van der Waals surface area (Å²) in [6.45, 7) is 4.76. The Morgan fingerprint density at radius 2 is 1.92 bits per heavy atom. The first-order valence-corrected chi connectivity index (χ1v) is 7.92. The fourth-order valence-corrected chi connectivity index (χ4v) is 2.76. The van der Waals surface area contributed by atoms with E-state index in [1.165, 1.54) is 0 Å². The Morgan fingerprint density at radius 3 is 2.60 bits per heavy atom. The molecule has 1 aliphatic rings. The highest BCUT2D eigenvalue weighted by molar-refractivity contribution is 5.80. The number of carbonyl (C=O) groups is 1. The summed E-state index contributed by atoms with van der Waals surface area (Å²) >= 11 is 0. The number of hydrogen-bond donors (Lipinski definition) is 0. The second-order valence-corrected chi connectivity index (χ2v) is 6.00. The van der Waals surface area contributed by atoms with Crippen LogP contribution in [-0.4, -0.2) is 49.2 Å². The predicted octanol–water partition coefficient (Wildman–Crippen LogP) is 1.30. The zero-order chi connectivity index (χ0) is 17.4. The molecule has 0 aliphatic carbocycles. The smallest absolute Gasteiger partial charge is 0.240 e. The first kappa shape index (κ1) is 15.4. The zero-order valence-corrected chi connectivity index (χ0v) is 13.8. The van der Waals surface area contributed by atoms with Crippen molar-refractivity contribution >= 4 is 5.91 Å². The van der Waals surface area contributed by atoms with Crippen LogP contribution in [0.1, 0.15) is 28.8 Å². The van der Waals surface area contributed by atoms with Gasteiger partial charge in [0, 0.05) is 31.0 Å². The lowest BCUT2D eigenvalue weighted by Crippen LogP contribution is -2.49. The van der Waals surface area contributed by atoms with E-state index in [0.29, 0.717) is 42.8 Å². The Balaban J connectivity index is 1.38. The number of amides is 1. The minimum Gasteiger partial charge on any atom is -0.361 e. The average Bonchev–Trinajstić information content (AvgIpc) is 3.17. The fourth-order valence-electron chi connectivity index (χ4n) is 2.76. The van der Waals surface area contributed by atoms with Crippen molar-refractivity contribution in [3.05, 3.63) is 41.4 Å². The summed E-state index contributed by atoms with van der Waals surface area (Å²) in [6, 6.07) is 1.72. The Labute approximate surface area is 143 Å². The minimum atomic E-state index is 0.0387. The Bertz CT molecular complexity index is 878. The lowest BCUT2D eigenvalue weighted by atomic mass is 9.98. The standard InChI is InChI=1S/C16H16N6O3/c1-9-12(10(2)24-20-9)6-13(23)22-7-11(8-22)16-19-15(21-25-16)14-17-4-3-5-18-14/h3-5,11H,6-8H2,1-2H3. The van der Waals surface area contributed by atoms with Gasteiger partial charge in [-0.1, -0.05) is 10.3 Å². The van der Waals surface area contributed by atoms with Crippen molar-refractivity contribution in [1.82, 2.24) is 30.2 Å². The molecule has 0 saturated carbocycles. The highest BCUT2D eigenvalue weighted by atomic mass is 16.5. The van der Waals surface area contributed by atoms with Gasteiger partial charge in [0.05, 0.1) is 18.0 Å². The van der Waals surface area contributed by atoms with Crippen molar-refractivity contribution in [2.75, 3.05) is 13.1 Å². The predicted molar refractivity (Wildman–Crippen MR) is 84.3 cm³/mol. The Morgan fingerprint density at radius 1 is 1.16 bits per heavy atom. The quantitative estimate of drug-likeness (QED) is 0.699. The molecular weight excluding hydrogens is 324 g/mol. The molecule has 0 N–H and O–H groups in total. The number of aryl methyl sites for hydroxylation is 2. The van der Waals surface area contributed by atoms with E-state index in [0.717, 1.165) is 11.3 Å². The van der Waals surface area contributed by atoms with Crippen LogP contribution in [0.4, 0.5) is 0 Å². The molecule has 0 aromatic carbocycles. The number of likely N-dealkylation sites (tertiary alicyclic amines) is 1. The van der Waals surface area contributed by atoms with Crippen molar-refractivity contribution in [3.8, 4) is 11.6 Å². The van der Waals surface area contributed by atoms with Crippen LogP contribution in [0.5, 0.6) is 0 Å². The Kier molecular flexibility index (Phi) is 3.75. The fraction of sp³-hybridized carbons (Fsp3) is 0.375. The van der Waals surface area contributed by atoms with Gasteiger partial charge >= 0.3 is 0 Å². The largest absolute Gasteiger partial charge is 0.361 e. The number of nitrogens with zero attached hydrogens (tertiary/aromatic N) is 6. The van der Waals surface area contributed by atoms with E-state index in [4.69, 9.17) is 9.05 Å². The lowest BCUT2D eigenvalue weighted by Gasteiger charge is -2.37. The van der Waals surface area contributed by atoms with Crippen molar-refractivity contribution < 1.29 is 13.8 Å². The topological polar surface area (TPSA) is 111 Å². The first-order valence-electron chi connectivity index (χ1n) is 7.92. The summed E-state index contributed by atoms with van der Waals surface area (Å²) in [4.78, 5) is 26.7. The number of carbonyl (C=O) groups excluding carboxylic acids is 1. The lowest BCUT2D eigenvalue weighted by molar-refractivity contribution is -0.135. The van der Waals surface area contributed by atoms with Gasteiger partial charge in [-0.25, -0.2) is 9.97 Å². The summed E-state index contributed by atoms with van der Waals surface area (Å²) in [5.41, 5.74) is 1.61. The van der Waals surface area contributed by atoms with Gasteiger partial charge < -0.3 is 13.9 Å². The van der Waals surface area contributed by atoms with Gasteiger partial charge in [-0.05, 0) is 19.9 Å². The van der Waals surface area contributed by atoms with Gasteiger partial charge in [0.25, 0.3) is 0 Å². The molecule has 1 fully saturated rings. The van der Waals surface area contributed by atoms with Gasteiger partial charge in [-0.15, -0.1) is 0 Å². The van der Waals surface area contributed by atoms with Crippen LogP contribution in [-0.2, 0) is 11.2 Å². The minimum absolute atomic E-state index is 0.0387. The van der Waals surface area contributed by atoms with E-state index < -0.39 is 0 Å². The second-order valence-electron chi connectivity index (χ2n) is 6.00. The number of hydrogen-bond acceptors (Lipinski definition) is 8. The van der Waals surface area contributed by atoms with Crippen LogP contribution in [0.15, 0.2) is 27.5 Å². The third kappa shape index (κ3) is 2.88. The summed E-state index contributed by atoms with van der Waals surface area (Å²) in [7, 11) is 0. The van der Waals surface area contributed by atoms with Gasteiger partial charge in [0.15, 0.2) is 0 Å². The summed E-state index contributed by atoms with van der Waals surface area (Å²) in [5, 5.41) is 7.78. The molecule has 0 bridgehead atoms. The molecule has 0 atom stereocenters. The molecule has 3 aromatic rings. The second kappa shape index (κ2) is 6.08. The SMILES string of the molecule is Cc1noc(C)c1CC(=O)N1CC(c2nc(-c3ncccn3)no2)C1. The monoisotopic (exact) mass is 340 g/mol. The average molecular weight is 340 g/mol. The van der Waals surface area contributed by atoms with Gasteiger partial charge in [-0.2, -0.15) is 4.98 Å². The van der Waals surface area contributed by atoms with Crippen LogP contribution in [0.3, 0.4) is 0 Å². The molecule has 0 radical (unpaired) electrons. The van der Waals surface area contributed by atoms with Crippen LogP contribution in [0.25, 0.3) is 11.6 Å². The molecule has 9 nitrogen and oxygen atoms in total. The van der Waals surface area contributed by atoms with E-state index in [9.17, 15) is 4.79 Å². The normalized spacial score (nSPS) is 14.6. The van der Waals surface area contributed by atoms with Gasteiger partial charge in [0.1, 0.15) is 5.76 Å². The molecule has 1 saturated heterocycles. The maximum Gasteiger partial charge on any atom is 0.240 e. The van der Waals surface area contributed by atoms with Gasteiger partial charge in [0.2, 0.25) is 23.4 Å². The zero-order valence-electron chi connectivity index (χ0n) is 13.8. The maximum atomic E-state index is 12.4. The van der Waals surface area contributed by atoms with E-state index >= 15 is 0 Å². The number of rotatable bonds is 4. The van der Waals surface area contributed by atoms with Crippen molar-refractivity contribution in [2.24, 2.45) is 0 Å². The summed E-state index contributed by atoms with van der Waals surface area (Å²) in [6.07, 6.45) is 3.54. The van der Waals surface area contributed by atoms with E-state index in [1.807, 2.05) is 13.8 Å². The van der Waals surface area contributed by atoms with Crippen LogP contribution in [0, 0.1) is 13.8 Å². The van der Waals surface area contributed by atoms with E-state index in [-0.39, 0.29) is 11.8 Å². The van der Waals surface area contributed by atoms with Crippen molar-refractivity contribution in [1.29, 1.82) is 0 Å². The maximum absolute atomic E-state index is 12.4. The van der Waals surface area contributed by atoms with E-state index in [1.54, 1.807) is 23.4 Å². The molecular formula is C16H16N6O3.